The van der Waals surface area contributed by atoms with Gasteiger partial charge in [0.2, 0.25) is 5.91 Å². The number of rotatable bonds is 1. The summed E-state index contributed by atoms with van der Waals surface area (Å²) in [5.74, 6) is 0.880. The van der Waals surface area contributed by atoms with Crippen LogP contribution in [0.3, 0.4) is 0 Å². The third-order valence-corrected chi connectivity index (χ3v) is 4.33. The van der Waals surface area contributed by atoms with Crippen LogP contribution in [0.5, 0.6) is 5.75 Å². The second kappa shape index (κ2) is 4.69. The highest BCUT2D eigenvalue weighted by Crippen LogP contribution is 2.38. The Labute approximate surface area is 117 Å². The van der Waals surface area contributed by atoms with E-state index in [-0.39, 0.29) is 11.9 Å². The Kier molecular flexibility index (Phi) is 3.15. The third kappa shape index (κ3) is 1.99. The molecule has 1 atom stereocenters. The second-order valence-corrected chi connectivity index (χ2v) is 5.55. The lowest BCUT2D eigenvalue weighted by Crippen LogP contribution is -2.41. The van der Waals surface area contributed by atoms with E-state index < -0.39 is 0 Å². The fourth-order valence-corrected chi connectivity index (χ4v) is 3.45. The van der Waals surface area contributed by atoms with Crippen LogP contribution in [-0.4, -0.2) is 37.6 Å². The number of halogens is 1. The smallest absolute Gasteiger partial charge is 0.244 e. The third-order valence-electron chi connectivity index (χ3n) is 4.04. The van der Waals surface area contributed by atoms with Crippen molar-refractivity contribution in [1.29, 1.82) is 0 Å². The van der Waals surface area contributed by atoms with Gasteiger partial charge in [-0.3, -0.25) is 9.69 Å². The molecule has 0 spiro atoms. The highest BCUT2D eigenvalue weighted by atomic mass is 35.5. The molecule has 3 rings (SSSR count). The Morgan fingerprint density at radius 3 is 2.95 bits per heavy atom. The SMILES string of the molecule is COc1cc(Cl)c2c(c1)CN1CCCC1C(=O)N2C. The first-order valence-electron chi connectivity index (χ1n) is 6.50. The minimum absolute atomic E-state index is 0.000499. The molecular formula is C14H17ClN2O2. The molecule has 5 heteroatoms. The summed E-state index contributed by atoms with van der Waals surface area (Å²) in [5.41, 5.74) is 1.88. The van der Waals surface area contributed by atoms with Gasteiger partial charge < -0.3 is 9.64 Å². The molecule has 2 heterocycles. The van der Waals surface area contributed by atoms with Crippen molar-refractivity contribution in [3.8, 4) is 5.75 Å². The number of methoxy groups -OCH3 is 1. The van der Waals surface area contributed by atoms with E-state index in [0.29, 0.717) is 5.02 Å². The molecular weight excluding hydrogens is 264 g/mol. The van der Waals surface area contributed by atoms with Crippen molar-refractivity contribution in [1.82, 2.24) is 4.90 Å². The first kappa shape index (κ1) is 12.8. The molecule has 2 aliphatic heterocycles. The number of amides is 1. The molecule has 0 bridgehead atoms. The molecule has 0 aliphatic carbocycles. The molecule has 1 aromatic rings. The average molecular weight is 281 g/mol. The lowest BCUT2D eigenvalue weighted by Gasteiger charge is -2.22. The maximum atomic E-state index is 12.5. The monoisotopic (exact) mass is 280 g/mol. The largest absolute Gasteiger partial charge is 0.497 e. The maximum Gasteiger partial charge on any atom is 0.244 e. The number of carbonyl (C=O) groups excluding carboxylic acids is 1. The number of nitrogens with zero attached hydrogens (tertiary/aromatic N) is 2. The Bertz CT molecular complexity index is 532. The molecule has 1 fully saturated rings. The Balaban J connectivity index is 2.12. The molecule has 4 nitrogen and oxygen atoms in total. The van der Waals surface area contributed by atoms with Gasteiger partial charge in [0.1, 0.15) is 5.75 Å². The predicted octanol–water partition coefficient (Wildman–Crippen LogP) is 2.29. The van der Waals surface area contributed by atoms with E-state index in [1.54, 1.807) is 25.1 Å². The Morgan fingerprint density at radius 1 is 1.42 bits per heavy atom. The van der Waals surface area contributed by atoms with Crippen molar-refractivity contribution in [2.24, 2.45) is 0 Å². The van der Waals surface area contributed by atoms with Gasteiger partial charge in [-0.2, -0.15) is 0 Å². The second-order valence-electron chi connectivity index (χ2n) is 5.14. The van der Waals surface area contributed by atoms with Crippen molar-refractivity contribution in [2.45, 2.75) is 25.4 Å². The van der Waals surface area contributed by atoms with Crippen molar-refractivity contribution >= 4 is 23.2 Å². The average Bonchev–Trinajstić information content (AvgIpc) is 2.81. The van der Waals surface area contributed by atoms with E-state index in [9.17, 15) is 4.79 Å². The standard InChI is InChI=1S/C14H17ClN2O2/c1-16-13-9(6-10(19-2)7-11(13)15)8-17-5-3-4-12(17)14(16)18/h6-7,12H,3-5,8H2,1-2H3. The van der Waals surface area contributed by atoms with Crippen LogP contribution in [0.4, 0.5) is 5.69 Å². The number of hydrogen-bond acceptors (Lipinski definition) is 3. The van der Waals surface area contributed by atoms with E-state index >= 15 is 0 Å². The minimum Gasteiger partial charge on any atom is -0.497 e. The van der Waals surface area contributed by atoms with E-state index in [4.69, 9.17) is 16.3 Å². The van der Waals surface area contributed by atoms with Crippen LogP contribution in [-0.2, 0) is 11.3 Å². The number of fused-ring (bicyclic) bond motifs is 2. The Hall–Kier alpha value is -1.26. The van der Waals surface area contributed by atoms with Crippen LogP contribution in [0.1, 0.15) is 18.4 Å². The zero-order chi connectivity index (χ0) is 13.6. The van der Waals surface area contributed by atoms with Gasteiger partial charge in [-0.15, -0.1) is 0 Å². The number of likely N-dealkylation sites (N-methyl/N-ethyl adjacent to an activating group) is 1. The lowest BCUT2D eigenvalue weighted by molar-refractivity contribution is -0.122. The summed E-state index contributed by atoms with van der Waals surface area (Å²) >= 11 is 6.32. The van der Waals surface area contributed by atoms with Crippen molar-refractivity contribution in [3.63, 3.8) is 0 Å². The van der Waals surface area contributed by atoms with Crippen molar-refractivity contribution in [3.05, 3.63) is 22.7 Å². The van der Waals surface area contributed by atoms with Crippen LogP contribution in [0.15, 0.2) is 12.1 Å². The van der Waals surface area contributed by atoms with Gasteiger partial charge in [-0.25, -0.2) is 0 Å². The minimum atomic E-state index is -0.000499. The molecule has 102 valence electrons. The van der Waals surface area contributed by atoms with Gasteiger partial charge in [0.15, 0.2) is 0 Å². The van der Waals surface area contributed by atoms with Gasteiger partial charge in [0, 0.05) is 19.7 Å². The summed E-state index contributed by atoms with van der Waals surface area (Å²) in [7, 11) is 3.43. The zero-order valence-corrected chi connectivity index (χ0v) is 11.9. The van der Waals surface area contributed by atoms with Crippen LogP contribution >= 0.6 is 11.6 Å². The van der Waals surface area contributed by atoms with Crippen LogP contribution in [0, 0.1) is 0 Å². The van der Waals surface area contributed by atoms with E-state index in [1.165, 1.54) is 0 Å². The number of anilines is 1. The highest BCUT2D eigenvalue weighted by molar-refractivity contribution is 6.34. The molecule has 1 amide bonds. The van der Waals surface area contributed by atoms with Crippen LogP contribution in [0.25, 0.3) is 0 Å². The van der Waals surface area contributed by atoms with Gasteiger partial charge >= 0.3 is 0 Å². The van der Waals surface area contributed by atoms with Crippen LogP contribution < -0.4 is 9.64 Å². The molecule has 1 saturated heterocycles. The fraction of sp³-hybridized carbons (Fsp3) is 0.500. The summed E-state index contributed by atoms with van der Waals surface area (Å²) in [6, 6.07) is 3.74. The summed E-state index contributed by atoms with van der Waals surface area (Å²) in [4.78, 5) is 16.4. The van der Waals surface area contributed by atoms with Crippen molar-refractivity contribution < 1.29 is 9.53 Å². The van der Waals surface area contributed by atoms with E-state index in [0.717, 1.165) is 42.9 Å². The lowest BCUT2D eigenvalue weighted by atomic mass is 10.1. The van der Waals surface area contributed by atoms with Gasteiger partial charge in [-0.05, 0) is 31.0 Å². The quantitative estimate of drug-likeness (QED) is 0.791. The topological polar surface area (TPSA) is 32.8 Å². The van der Waals surface area contributed by atoms with Crippen molar-refractivity contribution in [2.75, 3.05) is 25.6 Å². The number of carbonyl (C=O) groups is 1. The zero-order valence-electron chi connectivity index (χ0n) is 11.1. The molecule has 2 aliphatic rings. The molecule has 1 aromatic carbocycles. The number of hydrogen-bond donors (Lipinski definition) is 0. The molecule has 0 saturated carbocycles. The Morgan fingerprint density at radius 2 is 2.21 bits per heavy atom. The van der Waals surface area contributed by atoms with Gasteiger partial charge in [0.05, 0.1) is 23.9 Å². The maximum absolute atomic E-state index is 12.5. The molecule has 0 aromatic heterocycles. The number of benzene rings is 1. The number of ether oxygens (including phenoxy) is 1. The normalized spacial score (nSPS) is 23.0. The predicted molar refractivity (Wildman–Crippen MR) is 74.8 cm³/mol. The first-order chi connectivity index (χ1) is 9.11. The molecule has 19 heavy (non-hydrogen) atoms. The summed E-state index contributed by atoms with van der Waals surface area (Å²) in [6.07, 6.45) is 2.02. The highest BCUT2D eigenvalue weighted by Gasteiger charge is 2.37. The molecule has 0 N–H and O–H groups in total. The molecule has 0 radical (unpaired) electrons. The molecule has 1 unspecified atom stereocenters. The van der Waals surface area contributed by atoms with E-state index in [2.05, 4.69) is 4.90 Å². The summed E-state index contributed by atoms with van der Waals surface area (Å²) in [5, 5.41) is 0.575. The van der Waals surface area contributed by atoms with Crippen LogP contribution in [0.2, 0.25) is 5.02 Å². The summed E-state index contributed by atoms with van der Waals surface area (Å²) in [6.45, 7) is 1.73. The van der Waals surface area contributed by atoms with Gasteiger partial charge in [-0.1, -0.05) is 11.6 Å². The van der Waals surface area contributed by atoms with E-state index in [1.807, 2.05) is 6.07 Å². The fourth-order valence-electron chi connectivity index (χ4n) is 3.09. The first-order valence-corrected chi connectivity index (χ1v) is 6.87. The van der Waals surface area contributed by atoms with Gasteiger partial charge in [0.25, 0.3) is 0 Å². The summed E-state index contributed by atoms with van der Waals surface area (Å²) < 4.78 is 5.27.